The number of piperidine rings is 2. The van der Waals surface area contributed by atoms with Crippen LogP contribution in [-0.4, -0.2) is 42.6 Å². The molecule has 0 saturated carbocycles. The summed E-state index contributed by atoms with van der Waals surface area (Å²) in [6, 6.07) is 0. The fourth-order valence-electron chi connectivity index (χ4n) is 3.11. The zero-order chi connectivity index (χ0) is 10.7. The van der Waals surface area contributed by atoms with Crippen molar-refractivity contribution < 1.29 is 0 Å². The first-order chi connectivity index (χ1) is 7.24. The van der Waals surface area contributed by atoms with E-state index in [0.29, 0.717) is 0 Å². The van der Waals surface area contributed by atoms with Gasteiger partial charge in [0.2, 0.25) is 0 Å². The van der Waals surface area contributed by atoms with Crippen molar-refractivity contribution in [2.24, 2.45) is 11.8 Å². The Morgan fingerprint density at radius 2 is 1.33 bits per heavy atom. The van der Waals surface area contributed by atoms with E-state index in [0.717, 1.165) is 11.8 Å². The first-order valence-electron chi connectivity index (χ1n) is 6.69. The Morgan fingerprint density at radius 3 is 1.73 bits per heavy atom. The largest absolute Gasteiger partial charge is 0.290 e. The summed E-state index contributed by atoms with van der Waals surface area (Å²) in [6.45, 7) is 11.3. The van der Waals surface area contributed by atoms with Gasteiger partial charge < -0.3 is 0 Å². The molecule has 0 aliphatic carbocycles. The van der Waals surface area contributed by atoms with E-state index < -0.39 is 0 Å². The minimum absolute atomic E-state index is 0.918. The summed E-state index contributed by atoms with van der Waals surface area (Å²) in [4.78, 5) is 5.32. The van der Waals surface area contributed by atoms with Gasteiger partial charge in [-0.3, -0.25) is 9.80 Å². The van der Waals surface area contributed by atoms with Gasteiger partial charge >= 0.3 is 0 Å². The minimum atomic E-state index is 0.918. The summed E-state index contributed by atoms with van der Waals surface area (Å²) in [6.07, 6.45) is 5.69. The van der Waals surface area contributed by atoms with Crippen molar-refractivity contribution in [3.63, 3.8) is 0 Å². The molecule has 1 unspecified atom stereocenters. The highest BCUT2D eigenvalue weighted by Crippen LogP contribution is 2.19. The van der Waals surface area contributed by atoms with Crippen LogP contribution >= 0.6 is 0 Å². The van der Waals surface area contributed by atoms with Gasteiger partial charge in [-0.05, 0) is 50.6 Å². The van der Waals surface area contributed by atoms with Crippen LogP contribution in [0.3, 0.4) is 0 Å². The monoisotopic (exact) mass is 210 g/mol. The van der Waals surface area contributed by atoms with Crippen molar-refractivity contribution in [3.8, 4) is 0 Å². The smallest absolute Gasteiger partial charge is 0.0506 e. The van der Waals surface area contributed by atoms with Crippen molar-refractivity contribution >= 4 is 0 Å². The van der Waals surface area contributed by atoms with E-state index in [1.165, 1.54) is 58.5 Å². The average Bonchev–Trinajstić information content (AvgIpc) is 2.17. The molecule has 15 heavy (non-hydrogen) atoms. The fourth-order valence-corrected chi connectivity index (χ4v) is 3.11. The molecule has 0 bridgehead atoms. The van der Waals surface area contributed by atoms with Crippen LogP contribution in [0.25, 0.3) is 0 Å². The van der Waals surface area contributed by atoms with Gasteiger partial charge in [0.25, 0.3) is 0 Å². The molecule has 0 amide bonds. The van der Waals surface area contributed by atoms with Crippen LogP contribution in [0.15, 0.2) is 0 Å². The van der Waals surface area contributed by atoms with E-state index in [1.807, 2.05) is 0 Å². The lowest BCUT2D eigenvalue weighted by atomic mass is 9.99. The zero-order valence-corrected chi connectivity index (χ0v) is 10.4. The maximum absolute atomic E-state index is 2.66. The van der Waals surface area contributed by atoms with Gasteiger partial charge in [-0.15, -0.1) is 0 Å². The molecule has 2 heteroatoms. The van der Waals surface area contributed by atoms with Crippen LogP contribution in [0.5, 0.6) is 0 Å². The van der Waals surface area contributed by atoms with Crippen LogP contribution < -0.4 is 0 Å². The van der Waals surface area contributed by atoms with E-state index in [4.69, 9.17) is 0 Å². The maximum Gasteiger partial charge on any atom is 0.0506 e. The minimum Gasteiger partial charge on any atom is -0.290 e. The second-order valence-corrected chi connectivity index (χ2v) is 5.79. The van der Waals surface area contributed by atoms with Crippen LogP contribution in [0, 0.1) is 11.8 Å². The second-order valence-electron chi connectivity index (χ2n) is 5.79. The predicted octanol–water partition coefficient (Wildman–Crippen LogP) is 2.41. The van der Waals surface area contributed by atoms with E-state index in [2.05, 4.69) is 23.6 Å². The van der Waals surface area contributed by atoms with E-state index in [1.54, 1.807) is 0 Å². The van der Waals surface area contributed by atoms with Gasteiger partial charge in [-0.2, -0.15) is 0 Å². The molecule has 0 spiro atoms. The first-order valence-corrected chi connectivity index (χ1v) is 6.69. The lowest BCUT2D eigenvalue weighted by Gasteiger charge is -2.38. The Labute approximate surface area is 94.6 Å². The molecular formula is C13H26N2. The topological polar surface area (TPSA) is 6.48 Å². The Morgan fingerprint density at radius 1 is 0.867 bits per heavy atom. The third-order valence-corrected chi connectivity index (χ3v) is 3.88. The molecule has 2 heterocycles. The van der Waals surface area contributed by atoms with Crippen molar-refractivity contribution in [3.05, 3.63) is 0 Å². The van der Waals surface area contributed by atoms with Crippen LogP contribution in [-0.2, 0) is 0 Å². The van der Waals surface area contributed by atoms with Gasteiger partial charge in [0, 0.05) is 13.1 Å². The van der Waals surface area contributed by atoms with Gasteiger partial charge in [-0.25, -0.2) is 0 Å². The molecule has 0 aromatic carbocycles. The van der Waals surface area contributed by atoms with Crippen molar-refractivity contribution in [2.45, 2.75) is 39.5 Å². The highest BCUT2D eigenvalue weighted by Gasteiger charge is 2.21. The maximum atomic E-state index is 2.66. The number of hydrogen-bond acceptors (Lipinski definition) is 2. The van der Waals surface area contributed by atoms with Gasteiger partial charge in [0.15, 0.2) is 0 Å². The summed E-state index contributed by atoms with van der Waals surface area (Å²) in [7, 11) is 0. The van der Waals surface area contributed by atoms with Crippen LogP contribution in [0.1, 0.15) is 39.5 Å². The third kappa shape index (κ3) is 3.46. The SMILES string of the molecule is CC1CCCN(CN2CCC[C@@H](C)C2)C1. The second kappa shape index (κ2) is 5.31. The third-order valence-electron chi connectivity index (χ3n) is 3.88. The molecule has 0 radical (unpaired) electrons. The molecule has 2 atom stereocenters. The molecule has 0 aromatic rings. The van der Waals surface area contributed by atoms with Crippen molar-refractivity contribution in [1.82, 2.24) is 9.80 Å². The molecule has 88 valence electrons. The zero-order valence-electron chi connectivity index (χ0n) is 10.4. The summed E-state index contributed by atoms with van der Waals surface area (Å²) in [5.74, 6) is 1.84. The Balaban J connectivity index is 1.75. The fraction of sp³-hybridized carbons (Fsp3) is 1.00. The Kier molecular flexibility index (Phi) is 4.04. The number of rotatable bonds is 2. The van der Waals surface area contributed by atoms with Crippen LogP contribution in [0.4, 0.5) is 0 Å². The average molecular weight is 210 g/mol. The van der Waals surface area contributed by atoms with Crippen molar-refractivity contribution in [1.29, 1.82) is 0 Å². The summed E-state index contributed by atoms with van der Waals surface area (Å²) in [5.41, 5.74) is 0. The van der Waals surface area contributed by atoms with E-state index in [9.17, 15) is 0 Å². The quantitative estimate of drug-likeness (QED) is 0.690. The standard InChI is InChI=1S/C13H26N2/c1-12-5-3-7-14(9-12)11-15-8-4-6-13(2)10-15/h12-13H,3-11H2,1-2H3/t12-,13?/m1/s1. The van der Waals surface area contributed by atoms with Gasteiger partial charge in [-0.1, -0.05) is 13.8 Å². The first kappa shape index (κ1) is 11.4. The molecule has 2 saturated heterocycles. The lowest BCUT2D eigenvalue weighted by molar-refractivity contribution is 0.0670. The Hall–Kier alpha value is -0.0800. The molecule has 2 nitrogen and oxygen atoms in total. The highest BCUT2D eigenvalue weighted by molar-refractivity contribution is 4.74. The summed E-state index contributed by atoms with van der Waals surface area (Å²) in [5, 5.41) is 0. The van der Waals surface area contributed by atoms with E-state index >= 15 is 0 Å². The number of nitrogens with zero attached hydrogens (tertiary/aromatic N) is 2. The molecule has 2 fully saturated rings. The van der Waals surface area contributed by atoms with Gasteiger partial charge in [0.05, 0.1) is 6.67 Å². The molecule has 0 aromatic heterocycles. The number of likely N-dealkylation sites (tertiary alicyclic amines) is 2. The lowest BCUT2D eigenvalue weighted by Crippen LogP contribution is -2.46. The highest BCUT2D eigenvalue weighted by atomic mass is 15.3. The predicted molar refractivity (Wildman–Crippen MR) is 64.8 cm³/mol. The number of hydrogen-bond donors (Lipinski definition) is 0. The molecule has 2 rings (SSSR count). The molecular weight excluding hydrogens is 184 g/mol. The Bertz CT molecular complexity index is 173. The van der Waals surface area contributed by atoms with Crippen molar-refractivity contribution in [2.75, 3.05) is 32.8 Å². The summed E-state index contributed by atoms with van der Waals surface area (Å²) >= 11 is 0. The van der Waals surface area contributed by atoms with Crippen LogP contribution in [0.2, 0.25) is 0 Å². The molecule has 2 aliphatic rings. The molecule has 2 aliphatic heterocycles. The van der Waals surface area contributed by atoms with Gasteiger partial charge in [0.1, 0.15) is 0 Å². The molecule has 0 N–H and O–H groups in total. The van der Waals surface area contributed by atoms with E-state index in [-0.39, 0.29) is 0 Å². The normalized spacial score (nSPS) is 35.6. The summed E-state index contributed by atoms with van der Waals surface area (Å²) < 4.78 is 0.